The number of fused-ring (bicyclic) bond motifs is 1. The molecule has 1 amide bonds. The summed E-state index contributed by atoms with van der Waals surface area (Å²) in [6, 6.07) is 10.6. The Morgan fingerprint density at radius 1 is 1.12 bits per heavy atom. The first-order valence-electron chi connectivity index (χ1n) is 6.99. The van der Waals surface area contributed by atoms with Gasteiger partial charge in [0, 0.05) is 12.1 Å². The third-order valence-electron chi connectivity index (χ3n) is 3.22. The van der Waals surface area contributed by atoms with Crippen molar-refractivity contribution >= 4 is 17.7 Å². The first-order valence-corrected chi connectivity index (χ1v) is 6.99. The summed E-state index contributed by atoms with van der Waals surface area (Å²) < 4.78 is 39.5. The van der Waals surface area contributed by atoms with Gasteiger partial charge >= 0.3 is 18.4 Å². The number of anilines is 1. The van der Waals surface area contributed by atoms with Gasteiger partial charge in [0.1, 0.15) is 6.61 Å². The molecule has 2 aromatic carbocycles. The molecule has 0 radical (unpaired) electrons. The summed E-state index contributed by atoms with van der Waals surface area (Å²) in [5, 5.41) is 11.4. The van der Waals surface area contributed by atoms with E-state index in [-0.39, 0.29) is 12.3 Å². The molecule has 130 valence electrons. The Bertz CT molecular complexity index is 825. The van der Waals surface area contributed by atoms with E-state index in [1.165, 1.54) is 0 Å². The molecule has 0 unspecified atom stereocenters. The van der Waals surface area contributed by atoms with Crippen LogP contribution in [0.15, 0.2) is 42.5 Å². The van der Waals surface area contributed by atoms with Crippen molar-refractivity contribution in [1.29, 1.82) is 0 Å². The summed E-state index contributed by atoms with van der Waals surface area (Å²) in [6.07, 6.45) is -4.85. The molecule has 1 aliphatic heterocycles. The predicted molar refractivity (Wildman–Crippen MR) is 79.9 cm³/mol. The number of hydrogen-bond acceptors (Lipinski definition) is 5. The molecule has 9 heteroatoms. The number of carboxylic acids is 1. The molecule has 0 saturated heterocycles. The maximum Gasteiger partial charge on any atom is 0.586 e. The molecular formula is C16H11F2NO6. The van der Waals surface area contributed by atoms with Crippen LogP contribution in [0, 0.1) is 0 Å². The van der Waals surface area contributed by atoms with Crippen molar-refractivity contribution < 1.29 is 37.7 Å². The Balaban J connectivity index is 1.75. The lowest BCUT2D eigenvalue weighted by molar-refractivity contribution is -0.286. The van der Waals surface area contributed by atoms with Gasteiger partial charge in [0.2, 0.25) is 0 Å². The van der Waals surface area contributed by atoms with Gasteiger partial charge in [0.25, 0.3) is 0 Å². The highest BCUT2D eigenvalue weighted by Gasteiger charge is 2.44. The number of aromatic carboxylic acids is 1. The lowest BCUT2D eigenvalue weighted by atomic mass is 10.1. The van der Waals surface area contributed by atoms with Gasteiger partial charge in [-0.2, -0.15) is 0 Å². The molecule has 0 fully saturated rings. The second-order valence-corrected chi connectivity index (χ2v) is 5.00. The molecule has 0 bridgehead atoms. The van der Waals surface area contributed by atoms with Crippen LogP contribution in [0.4, 0.5) is 19.3 Å². The normalized spacial score (nSPS) is 14.0. The SMILES string of the molecule is O=C(Nc1cc2c(cc1C(=O)O)OC(F)(F)O2)OCc1ccccc1. The fourth-order valence-corrected chi connectivity index (χ4v) is 2.15. The Kier molecular flexibility index (Phi) is 4.14. The van der Waals surface area contributed by atoms with Crippen LogP contribution in [0.25, 0.3) is 0 Å². The molecule has 1 aliphatic rings. The van der Waals surface area contributed by atoms with E-state index in [2.05, 4.69) is 14.8 Å². The number of benzene rings is 2. The molecule has 3 rings (SSSR count). The van der Waals surface area contributed by atoms with Crippen molar-refractivity contribution in [2.45, 2.75) is 12.9 Å². The lowest BCUT2D eigenvalue weighted by Crippen LogP contribution is -2.25. The van der Waals surface area contributed by atoms with E-state index < -0.39 is 35.4 Å². The van der Waals surface area contributed by atoms with E-state index in [9.17, 15) is 23.5 Å². The van der Waals surface area contributed by atoms with Crippen LogP contribution in [0.3, 0.4) is 0 Å². The Morgan fingerprint density at radius 3 is 2.40 bits per heavy atom. The predicted octanol–water partition coefficient (Wildman–Crippen LogP) is 3.46. The van der Waals surface area contributed by atoms with E-state index in [0.717, 1.165) is 17.7 Å². The Labute approximate surface area is 139 Å². The van der Waals surface area contributed by atoms with E-state index in [1.807, 2.05) is 0 Å². The molecular weight excluding hydrogens is 340 g/mol. The number of nitrogens with one attached hydrogen (secondary N) is 1. The van der Waals surface area contributed by atoms with Gasteiger partial charge in [-0.25, -0.2) is 9.59 Å². The van der Waals surface area contributed by atoms with Crippen molar-refractivity contribution in [3.63, 3.8) is 0 Å². The second-order valence-electron chi connectivity index (χ2n) is 5.00. The van der Waals surface area contributed by atoms with Crippen LogP contribution in [0.1, 0.15) is 15.9 Å². The van der Waals surface area contributed by atoms with E-state index in [1.54, 1.807) is 30.3 Å². The first-order chi connectivity index (χ1) is 11.8. The maximum absolute atomic E-state index is 13.1. The molecule has 0 aliphatic carbocycles. The van der Waals surface area contributed by atoms with Gasteiger partial charge in [0.05, 0.1) is 11.3 Å². The monoisotopic (exact) mass is 351 g/mol. The van der Waals surface area contributed by atoms with Crippen molar-refractivity contribution in [2.24, 2.45) is 0 Å². The molecule has 0 saturated carbocycles. The fraction of sp³-hybridized carbons (Fsp3) is 0.125. The minimum atomic E-state index is -3.90. The number of halogens is 2. The largest absolute Gasteiger partial charge is 0.586 e. The van der Waals surface area contributed by atoms with Gasteiger partial charge in [-0.3, -0.25) is 5.32 Å². The number of carbonyl (C=O) groups excluding carboxylic acids is 1. The van der Waals surface area contributed by atoms with Gasteiger partial charge < -0.3 is 19.3 Å². The average molecular weight is 351 g/mol. The highest BCUT2D eigenvalue weighted by atomic mass is 19.3. The number of rotatable bonds is 4. The molecule has 2 aromatic rings. The van der Waals surface area contributed by atoms with Crippen LogP contribution in [-0.4, -0.2) is 23.5 Å². The zero-order chi connectivity index (χ0) is 18.0. The number of carbonyl (C=O) groups is 2. The molecule has 0 aromatic heterocycles. The lowest BCUT2D eigenvalue weighted by Gasteiger charge is -2.10. The number of carboxylic acid groups (broad SMARTS) is 1. The topological polar surface area (TPSA) is 94.1 Å². The molecule has 2 N–H and O–H groups in total. The van der Waals surface area contributed by atoms with Crippen molar-refractivity contribution in [1.82, 2.24) is 0 Å². The molecule has 0 spiro atoms. The molecule has 0 atom stereocenters. The fourth-order valence-electron chi connectivity index (χ4n) is 2.15. The van der Waals surface area contributed by atoms with Crippen LogP contribution < -0.4 is 14.8 Å². The number of alkyl halides is 2. The minimum absolute atomic E-state index is 0.0439. The van der Waals surface area contributed by atoms with Crippen LogP contribution in [0.5, 0.6) is 11.5 Å². The minimum Gasteiger partial charge on any atom is -0.478 e. The number of amides is 1. The second kappa shape index (κ2) is 6.27. The Hall–Kier alpha value is -3.36. The summed E-state index contributed by atoms with van der Waals surface area (Å²) in [6.45, 7) is -0.0439. The van der Waals surface area contributed by atoms with Crippen molar-refractivity contribution in [3.05, 3.63) is 53.6 Å². The average Bonchev–Trinajstić information content (AvgIpc) is 2.86. The van der Waals surface area contributed by atoms with Gasteiger partial charge in [0.15, 0.2) is 11.5 Å². The Morgan fingerprint density at radius 2 is 1.76 bits per heavy atom. The standard InChI is InChI=1S/C16H11F2NO6/c17-16(18)24-12-6-10(14(20)21)11(7-13(12)25-16)19-15(22)23-8-9-4-2-1-3-5-9/h1-7H,8H2,(H,19,22)(H,20,21). The highest BCUT2D eigenvalue weighted by Crippen LogP contribution is 2.43. The summed E-state index contributed by atoms with van der Waals surface area (Å²) in [4.78, 5) is 23.1. The third kappa shape index (κ3) is 3.77. The van der Waals surface area contributed by atoms with Gasteiger partial charge in [-0.05, 0) is 5.56 Å². The number of ether oxygens (including phenoxy) is 3. The zero-order valence-electron chi connectivity index (χ0n) is 12.5. The third-order valence-corrected chi connectivity index (χ3v) is 3.22. The van der Waals surface area contributed by atoms with E-state index in [0.29, 0.717) is 0 Å². The summed E-state index contributed by atoms with van der Waals surface area (Å²) >= 11 is 0. The van der Waals surface area contributed by atoms with Crippen LogP contribution in [0.2, 0.25) is 0 Å². The molecule has 7 nitrogen and oxygen atoms in total. The quantitative estimate of drug-likeness (QED) is 0.876. The summed E-state index contributed by atoms with van der Waals surface area (Å²) in [5.74, 6) is -2.28. The van der Waals surface area contributed by atoms with Crippen LogP contribution >= 0.6 is 0 Å². The highest BCUT2D eigenvalue weighted by molar-refractivity contribution is 5.99. The maximum atomic E-state index is 13.1. The van der Waals surface area contributed by atoms with Crippen LogP contribution in [-0.2, 0) is 11.3 Å². The van der Waals surface area contributed by atoms with Crippen molar-refractivity contribution in [3.8, 4) is 11.5 Å². The zero-order valence-corrected chi connectivity index (χ0v) is 12.5. The van der Waals surface area contributed by atoms with E-state index >= 15 is 0 Å². The summed E-state index contributed by atoms with van der Waals surface area (Å²) in [7, 11) is 0. The summed E-state index contributed by atoms with van der Waals surface area (Å²) in [5.41, 5.74) is 0.0174. The van der Waals surface area contributed by atoms with Gasteiger partial charge in [-0.1, -0.05) is 30.3 Å². The molecule has 1 heterocycles. The smallest absolute Gasteiger partial charge is 0.478 e. The molecule has 25 heavy (non-hydrogen) atoms. The van der Waals surface area contributed by atoms with Gasteiger partial charge in [-0.15, -0.1) is 8.78 Å². The number of hydrogen-bond donors (Lipinski definition) is 2. The van der Waals surface area contributed by atoms with E-state index in [4.69, 9.17) is 4.74 Å². The van der Waals surface area contributed by atoms with Crippen molar-refractivity contribution in [2.75, 3.05) is 5.32 Å². The first kappa shape index (κ1) is 16.5.